The topological polar surface area (TPSA) is 12.9 Å². The summed E-state index contributed by atoms with van der Waals surface area (Å²) in [7, 11) is 0. The average molecular weight is 404 g/mol. The van der Waals surface area contributed by atoms with Gasteiger partial charge in [-0.05, 0) is 60.1 Å². The van der Waals surface area contributed by atoms with Crippen LogP contribution in [-0.4, -0.2) is 4.98 Å². The summed E-state index contributed by atoms with van der Waals surface area (Å²) in [6.07, 6.45) is 10.5. The monoisotopic (exact) mass is 403 g/mol. The second-order valence-corrected chi connectivity index (χ2v) is 8.18. The molecule has 0 N–H and O–H groups in total. The fraction of sp³-hybridized carbons (Fsp3) is 0.393. The molecule has 0 saturated heterocycles. The number of aromatic nitrogens is 1. The van der Waals surface area contributed by atoms with Gasteiger partial charge in [0.05, 0.1) is 0 Å². The molecule has 0 aliphatic rings. The summed E-state index contributed by atoms with van der Waals surface area (Å²) in [5.74, 6) is -0.368. The zero-order valence-electron chi connectivity index (χ0n) is 18.5. The van der Waals surface area contributed by atoms with Gasteiger partial charge in [0.1, 0.15) is 0 Å². The van der Waals surface area contributed by atoms with E-state index < -0.39 is 0 Å². The molecule has 0 aliphatic heterocycles. The van der Waals surface area contributed by atoms with Gasteiger partial charge in [0.25, 0.3) is 0 Å². The van der Waals surface area contributed by atoms with Crippen molar-refractivity contribution >= 4 is 0 Å². The minimum Gasteiger partial charge on any atom is -0.224 e. The predicted molar refractivity (Wildman–Crippen MR) is 126 cm³/mol. The number of unbranched alkanes of at least 4 members (excludes halogenated alkanes) is 5. The standard InChI is InChI=1S/C28H34FN/c1-3-5-7-9-11-26-20-21-27(28(29)30-26)25-18-16-24(17-19-25)23-14-12-22(13-15-23)10-8-6-4-2/h12-21H,3-11H2,1-2H3. The lowest BCUT2D eigenvalue weighted by Crippen LogP contribution is -1.96. The Kier molecular flexibility index (Phi) is 8.62. The molecular weight excluding hydrogens is 369 g/mol. The number of rotatable bonds is 11. The third-order valence-electron chi connectivity index (χ3n) is 5.75. The molecule has 2 heteroatoms. The Morgan fingerprint density at radius 1 is 0.600 bits per heavy atom. The van der Waals surface area contributed by atoms with Crippen molar-refractivity contribution in [1.82, 2.24) is 4.98 Å². The van der Waals surface area contributed by atoms with E-state index in [-0.39, 0.29) is 5.95 Å². The van der Waals surface area contributed by atoms with Crippen LogP contribution in [0.1, 0.15) is 70.1 Å². The molecule has 0 bridgehead atoms. The molecule has 3 rings (SSSR count). The quantitative estimate of drug-likeness (QED) is 0.231. The Balaban J connectivity index is 1.65. The Labute approximate surface area is 181 Å². The summed E-state index contributed by atoms with van der Waals surface area (Å²) in [5, 5.41) is 0. The molecule has 0 unspecified atom stereocenters. The summed E-state index contributed by atoms with van der Waals surface area (Å²) in [6.45, 7) is 4.43. The maximum absolute atomic E-state index is 14.6. The first kappa shape index (κ1) is 22.2. The molecule has 0 radical (unpaired) electrons. The van der Waals surface area contributed by atoms with E-state index in [1.807, 2.05) is 24.3 Å². The van der Waals surface area contributed by atoms with Gasteiger partial charge in [-0.25, -0.2) is 4.98 Å². The maximum Gasteiger partial charge on any atom is 0.220 e. The van der Waals surface area contributed by atoms with Gasteiger partial charge in [0.15, 0.2) is 0 Å². The van der Waals surface area contributed by atoms with E-state index in [4.69, 9.17) is 0 Å². The number of pyridine rings is 1. The summed E-state index contributed by atoms with van der Waals surface area (Å²) in [6, 6.07) is 20.8. The minimum absolute atomic E-state index is 0.368. The molecule has 1 aromatic heterocycles. The average Bonchev–Trinajstić information content (AvgIpc) is 2.78. The van der Waals surface area contributed by atoms with Gasteiger partial charge in [-0.1, -0.05) is 94.5 Å². The van der Waals surface area contributed by atoms with Crippen molar-refractivity contribution in [2.45, 2.75) is 71.6 Å². The lowest BCUT2D eigenvalue weighted by molar-refractivity contribution is 0.574. The second kappa shape index (κ2) is 11.6. The largest absolute Gasteiger partial charge is 0.224 e. The van der Waals surface area contributed by atoms with Crippen LogP contribution in [-0.2, 0) is 12.8 Å². The van der Waals surface area contributed by atoms with Gasteiger partial charge in [-0.15, -0.1) is 0 Å². The van der Waals surface area contributed by atoms with Crippen LogP contribution in [0.3, 0.4) is 0 Å². The van der Waals surface area contributed by atoms with E-state index in [0.717, 1.165) is 36.1 Å². The number of hydrogen-bond acceptors (Lipinski definition) is 1. The number of nitrogens with zero attached hydrogens (tertiary/aromatic N) is 1. The summed E-state index contributed by atoms with van der Waals surface area (Å²) < 4.78 is 14.6. The third kappa shape index (κ3) is 6.26. The van der Waals surface area contributed by atoms with Crippen LogP contribution in [0.15, 0.2) is 60.7 Å². The van der Waals surface area contributed by atoms with Crippen LogP contribution in [0, 0.1) is 5.95 Å². The highest BCUT2D eigenvalue weighted by atomic mass is 19.1. The number of benzene rings is 2. The highest BCUT2D eigenvalue weighted by Crippen LogP contribution is 2.27. The van der Waals surface area contributed by atoms with E-state index in [1.54, 1.807) is 0 Å². The molecule has 1 nitrogen and oxygen atoms in total. The van der Waals surface area contributed by atoms with Gasteiger partial charge >= 0.3 is 0 Å². The van der Waals surface area contributed by atoms with Crippen molar-refractivity contribution in [2.24, 2.45) is 0 Å². The Bertz CT molecular complexity index is 897. The molecule has 158 valence electrons. The van der Waals surface area contributed by atoms with E-state index in [1.165, 1.54) is 49.7 Å². The van der Waals surface area contributed by atoms with Gasteiger partial charge < -0.3 is 0 Å². The predicted octanol–water partition coefficient (Wildman–Crippen LogP) is 8.41. The molecule has 0 aliphatic carbocycles. The highest BCUT2D eigenvalue weighted by molar-refractivity contribution is 5.70. The lowest BCUT2D eigenvalue weighted by atomic mass is 9.99. The lowest BCUT2D eigenvalue weighted by Gasteiger charge is -2.08. The van der Waals surface area contributed by atoms with Crippen LogP contribution in [0.4, 0.5) is 4.39 Å². The molecule has 2 aromatic carbocycles. The first-order valence-corrected chi connectivity index (χ1v) is 11.6. The zero-order valence-corrected chi connectivity index (χ0v) is 18.5. The van der Waals surface area contributed by atoms with Crippen LogP contribution < -0.4 is 0 Å². The summed E-state index contributed by atoms with van der Waals surface area (Å²) in [4.78, 5) is 4.20. The number of halogens is 1. The molecule has 0 spiro atoms. The van der Waals surface area contributed by atoms with Crippen molar-refractivity contribution in [3.8, 4) is 22.3 Å². The SMILES string of the molecule is CCCCCCc1ccc(-c2ccc(-c3ccc(CCCCC)cc3)cc2)c(F)n1. The van der Waals surface area contributed by atoms with Crippen molar-refractivity contribution < 1.29 is 4.39 Å². The second-order valence-electron chi connectivity index (χ2n) is 8.18. The molecule has 1 heterocycles. The van der Waals surface area contributed by atoms with E-state index in [2.05, 4.69) is 55.2 Å². The maximum atomic E-state index is 14.6. The third-order valence-corrected chi connectivity index (χ3v) is 5.75. The smallest absolute Gasteiger partial charge is 0.220 e. The minimum atomic E-state index is -0.368. The van der Waals surface area contributed by atoms with Crippen molar-refractivity contribution in [2.75, 3.05) is 0 Å². The summed E-state index contributed by atoms with van der Waals surface area (Å²) >= 11 is 0. The van der Waals surface area contributed by atoms with Crippen molar-refractivity contribution in [1.29, 1.82) is 0 Å². The van der Waals surface area contributed by atoms with Gasteiger partial charge in [-0.2, -0.15) is 4.39 Å². The van der Waals surface area contributed by atoms with Crippen LogP contribution in [0.25, 0.3) is 22.3 Å². The Morgan fingerprint density at radius 3 is 1.80 bits per heavy atom. The number of aryl methyl sites for hydroxylation is 2. The molecule has 0 fully saturated rings. The van der Waals surface area contributed by atoms with Crippen LogP contribution in [0.2, 0.25) is 0 Å². The van der Waals surface area contributed by atoms with E-state index >= 15 is 0 Å². The Morgan fingerprint density at radius 2 is 1.17 bits per heavy atom. The van der Waals surface area contributed by atoms with Gasteiger partial charge in [0, 0.05) is 11.3 Å². The molecule has 3 aromatic rings. The fourth-order valence-electron chi connectivity index (χ4n) is 3.84. The molecule has 30 heavy (non-hydrogen) atoms. The number of hydrogen-bond donors (Lipinski definition) is 0. The van der Waals surface area contributed by atoms with Crippen LogP contribution >= 0.6 is 0 Å². The molecular formula is C28H34FN. The summed E-state index contributed by atoms with van der Waals surface area (Å²) in [5.41, 5.74) is 6.04. The van der Waals surface area contributed by atoms with Gasteiger partial charge in [0.2, 0.25) is 5.95 Å². The van der Waals surface area contributed by atoms with E-state index in [0.29, 0.717) is 5.56 Å². The van der Waals surface area contributed by atoms with Crippen molar-refractivity contribution in [3.63, 3.8) is 0 Å². The fourth-order valence-corrected chi connectivity index (χ4v) is 3.84. The Hall–Kier alpha value is -2.48. The highest BCUT2D eigenvalue weighted by Gasteiger charge is 2.08. The normalized spacial score (nSPS) is 11.0. The molecule has 0 amide bonds. The molecule has 0 saturated carbocycles. The zero-order chi connectivity index (χ0) is 21.2. The van der Waals surface area contributed by atoms with Crippen molar-refractivity contribution in [3.05, 3.63) is 77.9 Å². The first-order valence-electron chi connectivity index (χ1n) is 11.6. The van der Waals surface area contributed by atoms with E-state index in [9.17, 15) is 4.39 Å². The molecule has 0 atom stereocenters. The first-order chi connectivity index (χ1) is 14.7. The van der Waals surface area contributed by atoms with Crippen LogP contribution in [0.5, 0.6) is 0 Å². The van der Waals surface area contributed by atoms with Gasteiger partial charge in [-0.3, -0.25) is 0 Å².